The zero-order chi connectivity index (χ0) is 11.2. The third kappa shape index (κ3) is 3.32. The van der Waals surface area contributed by atoms with Gasteiger partial charge in [0.25, 0.3) is 0 Å². The maximum absolute atomic E-state index is 5.80. The van der Waals surface area contributed by atoms with Crippen LogP contribution in [0.15, 0.2) is 30.3 Å². The van der Waals surface area contributed by atoms with Gasteiger partial charge >= 0.3 is 0 Å². The van der Waals surface area contributed by atoms with Gasteiger partial charge in [0, 0.05) is 13.1 Å². The van der Waals surface area contributed by atoms with E-state index in [1.807, 2.05) is 0 Å². The third-order valence-corrected chi connectivity index (χ3v) is 3.44. The summed E-state index contributed by atoms with van der Waals surface area (Å²) in [5.41, 5.74) is 7.22. The monoisotopic (exact) mass is 218 g/mol. The zero-order valence-electron chi connectivity index (χ0n) is 9.94. The average Bonchev–Trinajstić information content (AvgIpc) is 2.55. The van der Waals surface area contributed by atoms with E-state index in [0.29, 0.717) is 5.92 Å². The maximum Gasteiger partial charge on any atom is 0.0233 e. The average molecular weight is 218 g/mol. The third-order valence-electron chi connectivity index (χ3n) is 3.44. The summed E-state index contributed by atoms with van der Waals surface area (Å²) in [5, 5.41) is 0. The molecule has 0 saturated carbocycles. The molecule has 0 radical (unpaired) electrons. The minimum absolute atomic E-state index is 0.700. The first kappa shape index (κ1) is 11.6. The smallest absolute Gasteiger partial charge is 0.0233 e. The van der Waals surface area contributed by atoms with Gasteiger partial charge in [0.05, 0.1) is 0 Å². The Labute approximate surface area is 98.4 Å². The van der Waals surface area contributed by atoms with Crippen molar-refractivity contribution in [2.24, 2.45) is 11.7 Å². The van der Waals surface area contributed by atoms with Crippen LogP contribution in [0.1, 0.15) is 24.8 Å². The summed E-state index contributed by atoms with van der Waals surface area (Å²) < 4.78 is 0. The van der Waals surface area contributed by atoms with Crippen molar-refractivity contribution in [2.75, 3.05) is 19.6 Å². The van der Waals surface area contributed by atoms with Crippen LogP contribution >= 0.6 is 0 Å². The van der Waals surface area contributed by atoms with Crippen LogP contribution < -0.4 is 5.73 Å². The molecule has 2 rings (SSSR count). The second-order valence-electron chi connectivity index (χ2n) is 4.82. The van der Waals surface area contributed by atoms with E-state index in [1.54, 1.807) is 0 Å². The van der Waals surface area contributed by atoms with Crippen LogP contribution in [-0.2, 0) is 6.54 Å². The first-order chi connectivity index (χ1) is 7.88. The van der Waals surface area contributed by atoms with E-state index in [0.717, 1.165) is 13.1 Å². The summed E-state index contributed by atoms with van der Waals surface area (Å²) in [6, 6.07) is 10.7. The molecule has 1 fully saturated rings. The highest BCUT2D eigenvalue weighted by Gasteiger charge is 2.16. The van der Waals surface area contributed by atoms with E-state index in [4.69, 9.17) is 5.73 Å². The van der Waals surface area contributed by atoms with E-state index in [9.17, 15) is 0 Å². The lowest BCUT2D eigenvalue weighted by atomic mass is 10.0. The van der Waals surface area contributed by atoms with Gasteiger partial charge in [0.1, 0.15) is 0 Å². The Hall–Kier alpha value is -0.860. The Morgan fingerprint density at radius 3 is 2.75 bits per heavy atom. The fraction of sp³-hybridized carbons (Fsp3) is 0.571. The molecule has 2 heteroatoms. The number of hydrogen-bond donors (Lipinski definition) is 1. The van der Waals surface area contributed by atoms with E-state index in [1.165, 1.54) is 37.9 Å². The van der Waals surface area contributed by atoms with Crippen molar-refractivity contribution in [1.29, 1.82) is 0 Å². The lowest BCUT2D eigenvalue weighted by molar-refractivity contribution is 0.243. The van der Waals surface area contributed by atoms with Crippen LogP contribution in [0, 0.1) is 5.92 Å². The van der Waals surface area contributed by atoms with Gasteiger partial charge < -0.3 is 5.73 Å². The van der Waals surface area contributed by atoms with Crippen molar-refractivity contribution in [3.05, 3.63) is 35.9 Å². The van der Waals surface area contributed by atoms with Gasteiger partial charge in [-0.25, -0.2) is 0 Å². The molecule has 88 valence electrons. The number of benzene rings is 1. The molecule has 0 bridgehead atoms. The summed E-state index contributed by atoms with van der Waals surface area (Å²) in [6.45, 7) is 4.32. The fourth-order valence-electron chi connectivity index (χ4n) is 2.49. The second kappa shape index (κ2) is 6.02. The molecule has 1 aromatic rings. The molecule has 16 heavy (non-hydrogen) atoms. The van der Waals surface area contributed by atoms with Crippen molar-refractivity contribution in [3.63, 3.8) is 0 Å². The standard InChI is InChI=1S/C14H22N2/c15-10-14-8-4-5-9-16(12-14)11-13-6-2-1-3-7-13/h1-3,6-7,14H,4-5,8-12,15H2/t14-/m0/s1. The maximum atomic E-state index is 5.80. The van der Waals surface area contributed by atoms with Crippen LogP contribution in [0.2, 0.25) is 0 Å². The van der Waals surface area contributed by atoms with Crippen molar-refractivity contribution in [1.82, 2.24) is 4.90 Å². The molecule has 2 N–H and O–H groups in total. The van der Waals surface area contributed by atoms with Gasteiger partial charge in [-0.05, 0) is 37.4 Å². The van der Waals surface area contributed by atoms with Crippen molar-refractivity contribution >= 4 is 0 Å². The quantitative estimate of drug-likeness (QED) is 0.843. The van der Waals surface area contributed by atoms with E-state index in [2.05, 4.69) is 35.2 Å². The topological polar surface area (TPSA) is 29.3 Å². The van der Waals surface area contributed by atoms with Crippen LogP contribution in [0.4, 0.5) is 0 Å². The zero-order valence-corrected chi connectivity index (χ0v) is 9.94. The Kier molecular flexibility index (Phi) is 4.37. The molecule has 1 aliphatic heterocycles. The van der Waals surface area contributed by atoms with Gasteiger partial charge in [0.15, 0.2) is 0 Å². The predicted molar refractivity (Wildman–Crippen MR) is 68.1 cm³/mol. The number of rotatable bonds is 3. The van der Waals surface area contributed by atoms with Gasteiger partial charge in [-0.3, -0.25) is 4.90 Å². The summed E-state index contributed by atoms with van der Waals surface area (Å²) in [5.74, 6) is 0.700. The first-order valence-corrected chi connectivity index (χ1v) is 6.35. The van der Waals surface area contributed by atoms with Gasteiger partial charge in [-0.15, -0.1) is 0 Å². The highest BCUT2D eigenvalue weighted by molar-refractivity contribution is 5.14. The lowest BCUT2D eigenvalue weighted by Gasteiger charge is -2.23. The summed E-state index contributed by atoms with van der Waals surface area (Å²) in [7, 11) is 0. The molecule has 1 atom stereocenters. The van der Waals surface area contributed by atoms with E-state index >= 15 is 0 Å². The molecule has 1 aromatic carbocycles. The van der Waals surface area contributed by atoms with Gasteiger partial charge in [-0.1, -0.05) is 36.8 Å². The van der Waals surface area contributed by atoms with Gasteiger partial charge in [0.2, 0.25) is 0 Å². The molecule has 0 aliphatic carbocycles. The molecule has 0 spiro atoms. The molecule has 2 nitrogen and oxygen atoms in total. The Balaban J connectivity index is 1.93. The number of hydrogen-bond acceptors (Lipinski definition) is 2. The Morgan fingerprint density at radius 1 is 1.19 bits per heavy atom. The minimum Gasteiger partial charge on any atom is -0.330 e. The molecule has 1 saturated heterocycles. The minimum atomic E-state index is 0.700. The molecule has 0 aromatic heterocycles. The summed E-state index contributed by atoms with van der Waals surface area (Å²) in [4.78, 5) is 2.56. The largest absolute Gasteiger partial charge is 0.330 e. The van der Waals surface area contributed by atoms with Crippen molar-refractivity contribution < 1.29 is 0 Å². The van der Waals surface area contributed by atoms with Crippen molar-refractivity contribution in [3.8, 4) is 0 Å². The number of nitrogens with zero attached hydrogens (tertiary/aromatic N) is 1. The summed E-state index contributed by atoms with van der Waals surface area (Å²) in [6.07, 6.45) is 3.97. The van der Waals surface area contributed by atoms with Crippen molar-refractivity contribution in [2.45, 2.75) is 25.8 Å². The molecule has 0 unspecified atom stereocenters. The SMILES string of the molecule is NC[C@@H]1CCCCN(Cc2ccccc2)C1. The predicted octanol–water partition coefficient (Wildman–Crippen LogP) is 2.25. The Morgan fingerprint density at radius 2 is 2.00 bits per heavy atom. The second-order valence-corrected chi connectivity index (χ2v) is 4.82. The Bertz CT molecular complexity index is 297. The highest BCUT2D eigenvalue weighted by atomic mass is 15.1. The lowest BCUT2D eigenvalue weighted by Crippen LogP contribution is -2.31. The van der Waals surface area contributed by atoms with Gasteiger partial charge in [-0.2, -0.15) is 0 Å². The van der Waals surface area contributed by atoms with E-state index in [-0.39, 0.29) is 0 Å². The molecule has 0 amide bonds. The highest BCUT2D eigenvalue weighted by Crippen LogP contribution is 2.17. The molecular weight excluding hydrogens is 196 g/mol. The van der Waals surface area contributed by atoms with Crippen LogP contribution in [0.5, 0.6) is 0 Å². The number of nitrogens with two attached hydrogens (primary N) is 1. The van der Waals surface area contributed by atoms with Crippen LogP contribution in [0.3, 0.4) is 0 Å². The number of likely N-dealkylation sites (tertiary alicyclic amines) is 1. The summed E-state index contributed by atoms with van der Waals surface area (Å²) >= 11 is 0. The molecule has 1 aliphatic rings. The van der Waals surface area contributed by atoms with E-state index < -0.39 is 0 Å². The first-order valence-electron chi connectivity index (χ1n) is 6.35. The molecular formula is C14H22N2. The fourth-order valence-corrected chi connectivity index (χ4v) is 2.49. The van der Waals surface area contributed by atoms with Crippen LogP contribution in [0.25, 0.3) is 0 Å². The molecule has 1 heterocycles. The normalized spacial score (nSPS) is 22.9. The van der Waals surface area contributed by atoms with Crippen LogP contribution in [-0.4, -0.2) is 24.5 Å².